The molecule has 6 nitrogen and oxygen atoms in total. The first-order valence-electron chi connectivity index (χ1n) is 6.65. The zero-order chi connectivity index (χ0) is 14.4. The number of aryl methyl sites for hydroxylation is 1. The second-order valence-corrected chi connectivity index (χ2v) is 4.53. The predicted molar refractivity (Wildman–Crippen MR) is 76.2 cm³/mol. The lowest BCUT2D eigenvalue weighted by molar-refractivity contribution is -0.385. The van der Waals surface area contributed by atoms with Crippen molar-refractivity contribution in [3.63, 3.8) is 0 Å². The first-order chi connectivity index (χ1) is 9.72. The predicted octanol–water partition coefficient (Wildman–Crippen LogP) is 2.49. The van der Waals surface area contributed by atoms with Gasteiger partial charge in [-0.25, -0.2) is 4.98 Å². The number of nitrogens with one attached hydrogen (secondary N) is 1. The molecule has 1 heterocycles. The van der Waals surface area contributed by atoms with Gasteiger partial charge in [-0.3, -0.25) is 10.1 Å². The van der Waals surface area contributed by atoms with Crippen molar-refractivity contribution in [3.05, 3.63) is 58.2 Å². The molecule has 0 aliphatic rings. The minimum atomic E-state index is -0.352. The second-order valence-electron chi connectivity index (χ2n) is 4.53. The van der Waals surface area contributed by atoms with E-state index < -0.39 is 0 Å². The molecule has 0 saturated carbocycles. The van der Waals surface area contributed by atoms with Crippen LogP contribution in [0.4, 0.5) is 5.69 Å². The minimum absolute atomic E-state index is 0.150. The molecule has 0 saturated heterocycles. The molecular formula is C14H18N4O2. The Morgan fingerprint density at radius 3 is 2.90 bits per heavy atom. The van der Waals surface area contributed by atoms with Crippen molar-refractivity contribution >= 4 is 5.69 Å². The Morgan fingerprint density at radius 1 is 1.35 bits per heavy atom. The van der Waals surface area contributed by atoms with Crippen LogP contribution in [-0.4, -0.2) is 14.5 Å². The Labute approximate surface area is 117 Å². The number of nitrogens with zero attached hydrogens (tertiary/aromatic N) is 3. The van der Waals surface area contributed by atoms with Gasteiger partial charge in [0.1, 0.15) is 5.82 Å². The van der Waals surface area contributed by atoms with E-state index in [1.807, 2.05) is 12.3 Å². The number of nitro groups is 1. The number of para-hydroxylation sites is 1. The Balaban J connectivity index is 1.96. The highest BCUT2D eigenvalue weighted by molar-refractivity contribution is 5.39. The maximum absolute atomic E-state index is 10.9. The molecule has 1 aromatic carbocycles. The lowest BCUT2D eigenvalue weighted by atomic mass is 10.2. The van der Waals surface area contributed by atoms with Crippen LogP contribution in [0.5, 0.6) is 0 Å². The van der Waals surface area contributed by atoms with Crippen LogP contribution in [-0.2, 0) is 19.6 Å². The number of benzene rings is 1. The summed E-state index contributed by atoms with van der Waals surface area (Å²) < 4.78 is 2.09. The van der Waals surface area contributed by atoms with Crippen LogP contribution in [0, 0.1) is 10.1 Å². The largest absolute Gasteiger partial charge is 0.334 e. The highest BCUT2D eigenvalue weighted by atomic mass is 16.6. The van der Waals surface area contributed by atoms with E-state index in [4.69, 9.17) is 0 Å². The molecule has 1 aromatic heterocycles. The fourth-order valence-electron chi connectivity index (χ4n) is 2.10. The average molecular weight is 274 g/mol. The zero-order valence-corrected chi connectivity index (χ0v) is 11.5. The fraction of sp³-hybridized carbons (Fsp3) is 0.357. The van der Waals surface area contributed by atoms with Gasteiger partial charge in [0.15, 0.2) is 0 Å². The van der Waals surface area contributed by atoms with Crippen molar-refractivity contribution in [1.29, 1.82) is 0 Å². The molecule has 0 unspecified atom stereocenters. The van der Waals surface area contributed by atoms with Gasteiger partial charge in [-0.15, -0.1) is 0 Å². The third kappa shape index (κ3) is 3.42. The third-order valence-electron chi connectivity index (χ3n) is 3.05. The molecule has 2 rings (SSSR count). The first-order valence-corrected chi connectivity index (χ1v) is 6.65. The van der Waals surface area contributed by atoms with Crippen LogP contribution in [0.2, 0.25) is 0 Å². The van der Waals surface area contributed by atoms with E-state index >= 15 is 0 Å². The Morgan fingerprint density at radius 2 is 2.15 bits per heavy atom. The second kappa shape index (κ2) is 6.81. The summed E-state index contributed by atoms with van der Waals surface area (Å²) in [6.07, 6.45) is 4.77. The Hall–Kier alpha value is -2.21. The number of hydrogen-bond donors (Lipinski definition) is 1. The molecule has 20 heavy (non-hydrogen) atoms. The van der Waals surface area contributed by atoms with Gasteiger partial charge in [-0.1, -0.05) is 25.1 Å². The lowest BCUT2D eigenvalue weighted by Gasteiger charge is -2.08. The molecule has 0 amide bonds. The van der Waals surface area contributed by atoms with Gasteiger partial charge < -0.3 is 9.88 Å². The van der Waals surface area contributed by atoms with Crippen LogP contribution in [0.3, 0.4) is 0 Å². The normalized spacial score (nSPS) is 10.7. The molecule has 0 fully saturated rings. The average Bonchev–Trinajstić information content (AvgIpc) is 2.87. The topological polar surface area (TPSA) is 73.0 Å². The summed E-state index contributed by atoms with van der Waals surface area (Å²) in [5.74, 6) is 0.949. The van der Waals surface area contributed by atoms with E-state index in [2.05, 4.69) is 21.8 Å². The molecule has 2 aromatic rings. The number of hydrogen-bond acceptors (Lipinski definition) is 4. The van der Waals surface area contributed by atoms with Crippen molar-refractivity contribution in [2.75, 3.05) is 0 Å². The Bertz CT molecular complexity index is 580. The van der Waals surface area contributed by atoms with Crippen LogP contribution in [0.25, 0.3) is 0 Å². The van der Waals surface area contributed by atoms with E-state index in [0.717, 1.165) is 18.8 Å². The molecule has 0 aliphatic heterocycles. The number of nitro benzene ring substituents is 1. The maximum atomic E-state index is 10.9. The molecule has 0 aliphatic carbocycles. The van der Waals surface area contributed by atoms with Crippen LogP contribution in [0.15, 0.2) is 36.7 Å². The monoisotopic (exact) mass is 274 g/mol. The summed E-state index contributed by atoms with van der Waals surface area (Å²) in [6, 6.07) is 6.77. The fourth-order valence-corrected chi connectivity index (χ4v) is 2.10. The molecular weight excluding hydrogens is 256 g/mol. The van der Waals surface area contributed by atoms with Crippen molar-refractivity contribution < 1.29 is 4.92 Å². The van der Waals surface area contributed by atoms with Gasteiger partial charge in [0.25, 0.3) is 5.69 Å². The quantitative estimate of drug-likeness (QED) is 0.622. The van der Waals surface area contributed by atoms with Crippen molar-refractivity contribution in [2.24, 2.45) is 0 Å². The van der Waals surface area contributed by atoms with E-state index in [1.54, 1.807) is 18.3 Å². The van der Waals surface area contributed by atoms with Gasteiger partial charge in [0.05, 0.1) is 11.5 Å². The summed E-state index contributed by atoms with van der Waals surface area (Å²) in [5.41, 5.74) is 0.836. The molecule has 0 spiro atoms. The maximum Gasteiger partial charge on any atom is 0.273 e. The summed E-state index contributed by atoms with van der Waals surface area (Å²) in [7, 11) is 0. The van der Waals surface area contributed by atoms with E-state index in [-0.39, 0.29) is 10.6 Å². The van der Waals surface area contributed by atoms with Gasteiger partial charge in [-0.2, -0.15) is 0 Å². The smallest absolute Gasteiger partial charge is 0.273 e. The van der Waals surface area contributed by atoms with E-state index in [9.17, 15) is 10.1 Å². The van der Waals surface area contributed by atoms with Crippen molar-refractivity contribution in [3.8, 4) is 0 Å². The summed E-state index contributed by atoms with van der Waals surface area (Å²) in [4.78, 5) is 14.9. The molecule has 1 N–H and O–H groups in total. The molecule has 0 bridgehead atoms. The standard InChI is InChI=1S/C14H18N4O2/c1-2-8-17-9-7-16-14(17)11-15-10-12-5-3-4-6-13(12)18(19)20/h3-7,9,15H,2,8,10-11H2,1H3. The van der Waals surface area contributed by atoms with Gasteiger partial charge in [0.2, 0.25) is 0 Å². The highest BCUT2D eigenvalue weighted by Gasteiger charge is 2.11. The molecule has 106 valence electrons. The number of rotatable bonds is 7. The number of imidazole rings is 1. The summed E-state index contributed by atoms with van der Waals surface area (Å²) in [6.45, 7) is 4.10. The Kier molecular flexibility index (Phi) is 4.84. The molecule has 6 heteroatoms. The van der Waals surface area contributed by atoms with Crippen molar-refractivity contribution in [1.82, 2.24) is 14.9 Å². The summed E-state index contributed by atoms with van der Waals surface area (Å²) in [5, 5.41) is 14.1. The lowest BCUT2D eigenvalue weighted by Crippen LogP contribution is -2.17. The van der Waals surface area contributed by atoms with Crippen LogP contribution < -0.4 is 5.32 Å². The van der Waals surface area contributed by atoms with E-state index in [0.29, 0.717) is 18.7 Å². The third-order valence-corrected chi connectivity index (χ3v) is 3.05. The van der Waals surface area contributed by atoms with Crippen LogP contribution >= 0.6 is 0 Å². The molecule has 0 atom stereocenters. The first kappa shape index (κ1) is 14.2. The van der Waals surface area contributed by atoms with E-state index in [1.165, 1.54) is 6.07 Å². The van der Waals surface area contributed by atoms with Gasteiger partial charge in [-0.05, 0) is 6.42 Å². The van der Waals surface area contributed by atoms with Gasteiger partial charge >= 0.3 is 0 Å². The molecule has 0 radical (unpaired) electrons. The zero-order valence-electron chi connectivity index (χ0n) is 11.5. The SMILES string of the molecule is CCCn1ccnc1CNCc1ccccc1[N+](=O)[O-]. The number of aromatic nitrogens is 2. The van der Waals surface area contributed by atoms with Gasteiger partial charge in [0, 0.05) is 37.1 Å². The van der Waals surface area contributed by atoms with Crippen LogP contribution in [0.1, 0.15) is 24.7 Å². The minimum Gasteiger partial charge on any atom is -0.334 e. The van der Waals surface area contributed by atoms with Crippen molar-refractivity contribution in [2.45, 2.75) is 33.0 Å². The highest BCUT2D eigenvalue weighted by Crippen LogP contribution is 2.17. The summed E-state index contributed by atoms with van der Waals surface area (Å²) >= 11 is 0.